The minimum Gasteiger partial charge on any atom is -0.380 e. The fourth-order valence-corrected chi connectivity index (χ4v) is 3.91. The van der Waals surface area contributed by atoms with Crippen molar-refractivity contribution in [3.8, 4) is 0 Å². The quantitative estimate of drug-likeness (QED) is 0.851. The van der Waals surface area contributed by atoms with Crippen molar-refractivity contribution in [3.63, 3.8) is 0 Å². The highest BCUT2D eigenvalue weighted by Gasteiger charge is 2.29. The monoisotopic (exact) mass is 296 g/mol. The van der Waals surface area contributed by atoms with Crippen LogP contribution < -0.4 is 0 Å². The number of carbonyl (C=O) groups excluding carboxylic acids is 1. The second kappa shape index (κ2) is 6.72. The van der Waals surface area contributed by atoms with Gasteiger partial charge in [0.15, 0.2) is 5.82 Å². The second-order valence-electron chi connectivity index (χ2n) is 5.46. The van der Waals surface area contributed by atoms with E-state index in [1.165, 1.54) is 32.1 Å². The Balaban J connectivity index is 1.54. The third-order valence-electron chi connectivity index (χ3n) is 3.95. The molecule has 0 bridgehead atoms. The van der Waals surface area contributed by atoms with Gasteiger partial charge in [-0.15, -0.1) is 0 Å². The van der Waals surface area contributed by atoms with E-state index < -0.39 is 0 Å². The number of nitrogens with zero attached hydrogens (tertiary/aromatic N) is 2. The zero-order valence-electron chi connectivity index (χ0n) is 11.5. The van der Waals surface area contributed by atoms with Gasteiger partial charge in [0.05, 0.1) is 19.0 Å². The minimum atomic E-state index is -0.357. The topological polar surface area (TPSA) is 65.2 Å². The van der Waals surface area contributed by atoms with Gasteiger partial charge in [0, 0.05) is 11.7 Å². The fraction of sp³-hybridized carbons (Fsp3) is 0.786. The summed E-state index contributed by atoms with van der Waals surface area (Å²) in [4.78, 5) is 16.2. The summed E-state index contributed by atoms with van der Waals surface area (Å²) >= 11 is 1.91. The molecule has 2 aliphatic rings. The lowest BCUT2D eigenvalue weighted by Crippen LogP contribution is -2.25. The second-order valence-corrected chi connectivity index (χ2v) is 6.75. The summed E-state index contributed by atoms with van der Waals surface area (Å²) in [5, 5.41) is 4.72. The van der Waals surface area contributed by atoms with Crippen LogP contribution >= 0.6 is 11.8 Å². The first kappa shape index (κ1) is 14.1. The largest absolute Gasteiger partial charge is 0.380 e. The third kappa shape index (κ3) is 3.41. The molecule has 110 valence electrons. The predicted octanol–water partition coefficient (Wildman–Crippen LogP) is 2.71. The normalized spacial score (nSPS) is 25.0. The number of hydrogen-bond acceptors (Lipinski definition) is 6. The number of rotatable bonds is 4. The number of thioether (sulfide) groups is 1. The Morgan fingerprint density at radius 2 is 2.10 bits per heavy atom. The molecule has 0 N–H and O–H groups in total. The van der Waals surface area contributed by atoms with E-state index in [9.17, 15) is 4.79 Å². The molecule has 0 spiro atoms. The molecule has 1 aromatic rings. The van der Waals surface area contributed by atoms with Gasteiger partial charge < -0.3 is 9.26 Å². The maximum atomic E-state index is 11.8. The first-order valence-electron chi connectivity index (χ1n) is 7.37. The van der Waals surface area contributed by atoms with Crippen LogP contribution in [0.4, 0.5) is 0 Å². The fourth-order valence-electron chi connectivity index (χ4n) is 2.74. The maximum absolute atomic E-state index is 11.8. The molecule has 0 amide bonds. The van der Waals surface area contributed by atoms with E-state index in [1.807, 2.05) is 11.8 Å². The Bertz CT molecular complexity index is 457. The highest BCUT2D eigenvalue weighted by atomic mass is 32.2. The van der Waals surface area contributed by atoms with Crippen LogP contribution in [0.3, 0.4) is 0 Å². The van der Waals surface area contributed by atoms with Crippen molar-refractivity contribution in [1.29, 1.82) is 0 Å². The Labute approximate surface area is 122 Å². The molecule has 1 saturated carbocycles. The maximum Gasteiger partial charge on any atom is 0.239 e. The van der Waals surface area contributed by atoms with Crippen LogP contribution in [0.25, 0.3) is 0 Å². The Hall–Kier alpha value is -0.880. The molecule has 2 heterocycles. The van der Waals surface area contributed by atoms with Gasteiger partial charge in [0.1, 0.15) is 11.7 Å². The van der Waals surface area contributed by atoms with E-state index in [4.69, 9.17) is 9.26 Å². The molecule has 0 radical (unpaired) electrons. The van der Waals surface area contributed by atoms with Crippen molar-refractivity contribution in [2.75, 3.05) is 13.2 Å². The smallest absolute Gasteiger partial charge is 0.239 e. The van der Waals surface area contributed by atoms with Gasteiger partial charge in [-0.05, 0) is 12.8 Å². The number of Topliss-reactive ketones (excluding diaryl/α,β-unsaturated/α-hetero) is 1. The standard InChI is InChI=1S/C14H20N2O3S/c17-12-6-7-18-8-11(12)14-15-13(16-19-14)9-20-10-4-2-1-3-5-10/h10-11H,1-9H2. The highest BCUT2D eigenvalue weighted by molar-refractivity contribution is 7.99. The highest BCUT2D eigenvalue weighted by Crippen LogP contribution is 2.30. The summed E-state index contributed by atoms with van der Waals surface area (Å²) in [6.45, 7) is 0.879. The molecule has 2 fully saturated rings. The van der Waals surface area contributed by atoms with Gasteiger partial charge in [-0.25, -0.2) is 0 Å². The van der Waals surface area contributed by atoms with E-state index in [-0.39, 0.29) is 11.7 Å². The van der Waals surface area contributed by atoms with Crippen LogP contribution in [-0.4, -0.2) is 34.4 Å². The molecule has 3 rings (SSSR count). The molecule has 1 aliphatic heterocycles. The summed E-state index contributed by atoms with van der Waals surface area (Å²) in [6, 6.07) is 0. The zero-order valence-corrected chi connectivity index (χ0v) is 12.4. The van der Waals surface area contributed by atoms with Crippen LogP contribution in [0.1, 0.15) is 56.2 Å². The minimum absolute atomic E-state index is 0.145. The average Bonchev–Trinajstić information content (AvgIpc) is 2.95. The summed E-state index contributed by atoms with van der Waals surface area (Å²) in [6.07, 6.45) is 7.08. The van der Waals surface area contributed by atoms with Gasteiger partial charge in [0.2, 0.25) is 5.89 Å². The molecule has 1 atom stereocenters. The van der Waals surface area contributed by atoms with Crippen molar-refractivity contribution < 1.29 is 14.1 Å². The van der Waals surface area contributed by atoms with E-state index in [1.54, 1.807) is 0 Å². The first-order chi connectivity index (χ1) is 9.83. The summed E-state index contributed by atoms with van der Waals surface area (Å²) in [5.74, 6) is 1.69. The Morgan fingerprint density at radius 1 is 1.25 bits per heavy atom. The molecule has 1 unspecified atom stereocenters. The lowest BCUT2D eigenvalue weighted by Gasteiger charge is -2.20. The number of ketones is 1. The van der Waals surface area contributed by atoms with Crippen LogP contribution in [0.15, 0.2) is 4.52 Å². The summed E-state index contributed by atoms with van der Waals surface area (Å²) in [7, 11) is 0. The number of aromatic nitrogens is 2. The molecular formula is C14H20N2O3S. The van der Waals surface area contributed by atoms with Crippen molar-refractivity contribution >= 4 is 17.5 Å². The van der Waals surface area contributed by atoms with Gasteiger partial charge in [-0.3, -0.25) is 4.79 Å². The van der Waals surface area contributed by atoms with Crippen LogP contribution in [0.5, 0.6) is 0 Å². The van der Waals surface area contributed by atoms with Crippen LogP contribution in [0.2, 0.25) is 0 Å². The van der Waals surface area contributed by atoms with Crippen molar-refractivity contribution in [1.82, 2.24) is 10.1 Å². The lowest BCUT2D eigenvalue weighted by molar-refractivity contribution is -0.127. The van der Waals surface area contributed by atoms with Gasteiger partial charge in [0.25, 0.3) is 0 Å². The summed E-state index contributed by atoms with van der Waals surface area (Å²) < 4.78 is 10.6. The van der Waals surface area contributed by atoms with Crippen LogP contribution in [-0.2, 0) is 15.3 Å². The first-order valence-corrected chi connectivity index (χ1v) is 8.42. The van der Waals surface area contributed by atoms with Crippen LogP contribution in [0, 0.1) is 0 Å². The number of ether oxygens (including phenoxy) is 1. The molecule has 20 heavy (non-hydrogen) atoms. The molecular weight excluding hydrogens is 276 g/mol. The molecule has 1 saturated heterocycles. The third-order valence-corrected chi connectivity index (χ3v) is 5.32. The summed E-state index contributed by atoms with van der Waals surface area (Å²) in [5.41, 5.74) is 0. The lowest BCUT2D eigenvalue weighted by atomic mass is 10.0. The van der Waals surface area contributed by atoms with Crippen molar-refractivity contribution in [3.05, 3.63) is 11.7 Å². The Kier molecular flexibility index (Phi) is 4.73. The van der Waals surface area contributed by atoms with Gasteiger partial charge in [-0.1, -0.05) is 24.4 Å². The zero-order chi connectivity index (χ0) is 13.8. The predicted molar refractivity (Wildman–Crippen MR) is 75.7 cm³/mol. The number of carbonyl (C=O) groups is 1. The molecule has 5 nitrogen and oxygen atoms in total. The number of hydrogen-bond donors (Lipinski definition) is 0. The van der Waals surface area contributed by atoms with Gasteiger partial charge >= 0.3 is 0 Å². The Morgan fingerprint density at radius 3 is 2.90 bits per heavy atom. The average molecular weight is 296 g/mol. The molecule has 0 aromatic carbocycles. The van der Waals surface area contributed by atoms with Crippen molar-refractivity contribution in [2.24, 2.45) is 0 Å². The van der Waals surface area contributed by atoms with Gasteiger partial charge in [-0.2, -0.15) is 16.7 Å². The van der Waals surface area contributed by atoms with Crippen molar-refractivity contribution in [2.45, 2.75) is 55.4 Å². The molecule has 6 heteroatoms. The molecule has 1 aromatic heterocycles. The van der Waals surface area contributed by atoms with E-state index >= 15 is 0 Å². The molecule has 1 aliphatic carbocycles. The van der Waals surface area contributed by atoms with E-state index in [0.717, 1.165) is 11.0 Å². The van der Waals surface area contributed by atoms with E-state index in [0.29, 0.717) is 31.3 Å². The van der Waals surface area contributed by atoms with E-state index in [2.05, 4.69) is 10.1 Å². The SMILES string of the molecule is O=C1CCOCC1c1nc(CSC2CCCCC2)no1.